The van der Waals surface area contributed by atoms with Crippen LogP contribution in [0.25, 0.3) is 21.8 Å². The van der Waals surface area contributed by atoms with Crippen molar-refractivity contribution < 1.29 is 4.79 Å². The van der Waals surface area contributed by atoms with Crippen molar-refractivity contribution in [3.05, 3.63) is 71.5 Å². The van der Waals surface area contributed by atoms with Crippen molar-refractivity contribution in [3.63, 3.8) is 0 Å². The van der Waals surface area contributed by atoms with Crippen LogP contribution < -0.4 is 0 Å². The van der Waals surface area contributed by atoms with Gasteiger partial charge in [0.15, 0.2) is 0 Å². The van der Waals surface area contributed by atoms with Crippen LogP contribution in [0.15, 0.2) is 54.7 Å². The van der Waals surface area contributed by atoms with Gasteiger partial charge in [0.2, 0.25) is 5.91 Å². The number of aryl methyl sites for hydroxylation is 1. The van der Waals surface area contributed by atoms with E-state index in [1.165, 1.54) is 22.2 Å². The second-order valence-corrected chi connectivity index (χ2v) is 8.34. The number of hydrogen-bond acceptors (Lipinski definition) is 1. The quantitative estimate of drug-likeness (QED) is 0.511. The number of para-hydroxylation sites is 2. The standard InChI is InChI=1S/C25H27N3O/c1-17-22(21-7-3-5-9-24(21)27-17)14-18-10-12-28(13-11-18)25(29)15-19-16-26-23-8-4-2-6-20(19)23/h2-9,16,18,26-27H,10-15H2,1H3. The van der Waals surface area contributed by atoms with Crippen LogP contribution in [0.2, 0.25) is 0 Å². The first-order valence-corrected chi connectivity index (χ1v) is 10.6. The molecule has 0 bridgehead atoms. The molecule has 4 heteroatoms. The number of fused-ring (bicyclic) bond motifs is 2. The number of carbonyl (C=O) groups is 1. The molecule has 1 aliphatic rings. The number of rotatable bonds is 4. The number of aromatic amines is 2. The van der Waals surface area contributed by atoms with Gasteiger partial charge in [0.25, 0.3) is 0 Å². The number of nitrogens with one attached hydrogen (secondary N) is 2. The molecule has 0 saturated carbocycles. The van der Waals surface area contributed by atoms with Gasteiger partial charge in [-0.1, -0.05) is 36.4 Å². The molecule has 0 atom stereocenters. The first-order valence-electron chi connectivity index (χ1n) is 10.6. The SMILES string of the molecule is Cc1[nH]c2ccccc2c1CC1CCN(C(=O)Cc2c[nH]c3ccccc23)CC1. The molecule has 1 aliphatic heterocycles. The smallest absolute Gasteiger partial charge is 0.227 e. The molecule has 0 radical (unpaired) electrons. The van der Waals surface area contributed by atoms with E-state index in [4.69, 9.17) is 0 Å². The lowest BCUT2D eigenvalue weighted by Crippen LogP contribution is -2.39. The number of nitrogens with zero attached hydrogens (tertiary/aromatic N) is 1. The Kier molecular flexibility index (Phi) is 4.62. The zero-order valence-electron chi connectivity index (χ0n) is 16.9. The summed E-state index contributed by atoms with van der Waals surface area (Å²) >= 11 is 0. The number of H-pyrrole nitrogens is 2. The third-order valence-corrected chi connectivity index (χ3v) is 6.50. The maximum Gasteiger partial charge on any atom is 0.227 e. The first-order chi connectivity index (χ1) is 14.2. The van der Waals surface area contributed by atoms with Crippen molar-refractivity contribution in [2.75, 3.05) is 13.1 Å². The predicted molar refractivity (Wildman–Crippen MR) is 118 cm³/mol. The summed E-state index contributed by atoms with van der Waals surface area (Å²) < 4.78 is 0. The minimum atomic E-state index is 0.247. The maximum atomic E-state index is 12.9. The molecule has 1 amide bonds. The Morgan fingerprint density at radius 3 is 2.48 bits per heavy atom. The monoisotopic (exact) mass is 385 g/mol. The van der Waals surface area contributed by atoms with Crippen LogP contribution in [-0.2, 0) is 17.6 Å². The molecule has 29 heavy (non-hydrogen) atoms. The van der Waals surface area contributed by atoms with E-state index in [9.17, 15) is 4.79 Å². The average molecular weight is 386 g/mol. The normalized spacial score (nSPS) is 15.4. The number of amides is 1. The van der Waals surface area contributed by atoms with Crippen molar-refractivity contribution >= 4 is 27.7 Å². The summed E-state index contributed by atoms with van der Waals surface area (Å²) in [5.74, 6) is 0.890. The maximum absolute atomic E-state index is 12.9. The van der Waals surface area contributed by atoms with Gasteiger partial charge in [-0.2, -0.15) is 0 Å². The number of piperidine rings is 1. The molecule has 0 unspecified atom stereocenters. The van der Waals surface area contributed by atoms with E-state index in [0.29, 0.717) is 12.3 Å². The van der Waals surface area contributed by atoms with Gasteiger partial charge < -0.3 is 14.9 Å². The lowest BCUT2D eigenvalue weighted by Gasteiger charge is -2.32. The van der Waals surface area contributed by atoms with Crippen LogP contribution in [0.5, 0.6) is 0 Å². The molecular formula is C25H27N3O. The van der Waals surface area contributed by atoms with Gasteiger partial charge in [0, 0.05) is 46.8 Å². The Morgan fingerprint density at radius 2 is 1.69 bits per heavy atom. The van der Waals surface area contributed by atoms with Crippen LogP contribution in [0.1, 0.15) is 29.7 Å². The highest BCUT2D eigenvalue weighted by atomic mass is 16.2. The highest BCUT2D eigenvalue weighted by Crippen LogP contribution is 2.29. The topological polar surface area (TPSA) is 51.9 Å². The third-order valence-electron chi connectivity index (χ3n) is 6.50. The van der Waals surface area contributed by atoms with Crippen molar-refractivity contribution in [3.8, 4) is 0 Å². The van der Waals surface area contributed by atoms with E-state index in [0.717, 1.165) is 48.8 Å². The molecule has 4 aromatic rings. The number of benzene rings is 2. The number of aromatic nitrogens is 2. The fourth-order valence-corrected chi connectivity index (χ4v) is 4.83. The fraction of sp³-hybridized carbons (Fsp3) is 0.320. The van der Waals surface area contributed by atoms with Crippen molar-refractivity contribution in [1.29, 1.82) is 0 Å². The lowest BCUT2D eigenvalue weighted by molar-refractivity contribution is -0.131. The molecule has 5 rings (SSSR count). The Hall–Kier alpha value is -3.01. The second-order valence-electron chi connectivity index (χ2n) is 8.34. The first kappa shape index (κ1) is 18.0. The predicted octanol–water partition coefficient (Wildman–Crippen LogP) is 4.98. The van der Waals surface area contributed by atoms with E-state index in [1.807, 2.05) is 18.3 Å². The van der Waals surface area contributed by atoms with Crippen molar-refractivity contribution in [2.45, 2.75) is 32.6 Å². The number of hydrogen-bond donors (Lipinski definition) is 2. The Balaban J connectivity index is 1.22. The van der Waals surface area contributed by atoms with Crippen molar-refractivity contribution in [2.24, 2.45) is 5.92 Å². The van der Waals surface area contributed by atoms with Gasteiger partial charge in [-0.05, 0) is 55.4 Å². The zero-order chi connectivity index (χ0) is 19.8. The molecule has 0 spiro atoms. The van der Waals surface area contributed by atoms with Crippen molar-refractivity contribution in [1.82, 2.24) is 14.9 Å². The Bertz CT molecular complexity index is 1160. The molecule has 3 heterocycles. The average Bonchev–Trinajstić information content (AvgIpc) is 3.29. The van der Waals surface area contributed by atoms with E-state index in [-0.39, 0.29) is 5.91 Å². The summed E-state index contributed by atoms with van der Waals surface area (Å²) in [6.07, 6.45) is 5.73. The van der Waals surface area contributed by atoms with Gasteiger partial charge in [-0.15, -0.1) is 0 Å². The Morgan fingerprint density at radius 1 is 1.00 bits per heavy atom. The van der Waals surface area contributed by atoms with Gasteiger partial charge in [-0.25, -0.2) is 0 Å². The number of likely N-dealkylation sites (tertiary alicyclic amines) is 1. The molecule has 0 aliphatic carbocycles. The molecule has 2 aromatic carbocycles. The summed E-state index contributed by atoms with van der Waals surface area (Å²) in [4.78, 5) is 21.7. The highest BCUT2D eigenvalue weighted by molar-refractivity contribution is 5.89. The van der Waals surface area contributed by atoms with Crippen LogP contribution in [0, 0.1) is 12.8 Å². The van der Waals surface area contributed by atoms with E-state index < -0.39 is 0 Å². The van der Waals surface area contributed by atoms with Gasteiger partial charge in [0.1, 0.15) is 0 Å². The molecule has 2 aromatic heterocycles. The van der Waals surface area contributed by atoms with Gasteiger partial charge in [0.05, 0.1) is 6.42 Å². The highest BCUT2D eigenvalue weighted by Gasteiger charge is 2.24. The third kappa shape index (κ3) is 3.44. The largest absolute Gasteiger partial charge is 0.361 e. The molecule has 2 N–H and O–H groups in total. The van der Waals surface area contributed by atoms with Crippen LogP contribution in [0.4, 0.5) is 0 Å². The van der Waals surface area contributed by atoms with E-state index in [1.54, 1.807) is 0 Å². The van der Waals surface area contributed by atoms with Crippen LogP contribution in [-0.4, -0.2) is 33.9 Å². The van der Waals surface area contributed by atoms with E-state index in [2.05, 4.69) is 58.2 Å². The summed E-state index contributed by atoms with van der Waals surface area (Å²) in [5, 5.41) is 2.51. The van der Waals surface area contributed by atoms with E-state index >= 15 is 0 Å². The van der Waals surface area contributed by atoms with Gasteiger partial charge in [-0.3, -0.25) is 4.79 Å². The molecule has 4 nitrogen and oxygen atoms in total. The molecular weight excluding hydrogens is 358 g/mol. The zero-order valence-corrected chi connectivity index (χ0v) is 16.9. The molecule has 1 fully saturated rings. The minimum absolute atomic E-state index is 0.247. The summed E-state index contributed by atoms with van der Waals surface area (Å²) in [6, 6.07) is 16.8. The Labute approximate surface area is 170 Å². The molecule has 1 saturated heterocycles. The summed E-state index contributed by atoms with van der Waals surface area (Å²) in [6.45, 7) is 3.91. The van der Waals surface area contributed by atoms with Crippen LogP contribution >= 0.6 is 0 Å². The van der Waals surface area contributed by atoms with Crippen LogP contribution in [0.3, 0.4) is 0 Å². The minimum Gasteiger partial charge on any atom is -0.361 e. The lowest BCUT2D eigenvalue weighted by atomic mass is 9.89. The molecule has 148 valence electrons. The fourth-order valence-electron chi connectivity index (χ4n) is 4.83. The second kappa shape index (κ2) is 7.43. The number of carbonyl (C=O) groups excluding carboxylic acids is 1. The summed E-state index contributed by atoms with van der Waals surface area (Å²) in [7, 11) is 0. The van der Waals surface area contributed by atoms with Gasteiger partial charge >= 0.3 is 0 Å². The summed E-state index contributed by atoms with van der Waals surface area (Å²) in [5.41, 5.74) is 6.16.